The Morgan fingerprint density at radius 3 is 2.78 bits per heavy atom. The van der Waals surface area contributed by atoms with E-state index in [1.807, 2.05) is 26.0 Å². The molecule has 3 heterocycles. The van der Waals surface area contributed by atoms with E-state index in [4.69, 9.17) is 0 Å². The van der Waals surface area contributed by atoms with Crippen molar-refractivity contribution >= 4 is 17.1 Å². The minimum Gasteiger partial charge on any atom is -0.338 e. The molecule has 0 saturated carbocycles. The first-order valence-electron chi connectivity index (χ1n) is 7.43. The van der Waals surface area contributed by atoms with Crippen molar-refractivity contribution in [3.05, 3.63) is 39.4 Å². The van der Waals surface area contributed by atoms with Gasteiger partial charge < -0.3 is 9.88 Å². The molecule has 0 saturated heterocycles. The Bertz CT molecular complexity index is 926. The summed E-state index contributed by atoms with van der Waals surface area (Å²) in [7, 11) is 0. The number of hydrogen-bond acceptors (Lipinski definition) is 4. The summed E-state index contributed by atoms with van der Waals surface area (Å²) in [5.74, 6) is -0.0204. The number of aromatic amines is 1. The van der Waals surface area contributed by atoms with Crippen molar-refractivity contribution in [2.45, 2.75) is 26.7 Å². The molecule has 2 aromatic heterocycles. The van der Waals surface area contributed by atoms with E-state index in [-0.39, 0.29) is 17.4 Å². The SMILES string of the molecule is CC(=O)N1CC=C(c2[nH]c3c(C#N)cnn3c(=O)c2C(C)C)C1. The van der Waals surface area contributed by atoms with Gasteiger partial charge in [0.2, 0.25) is 5.91 Å². The van der Waals surface area contributed by atoms with Crippen molar-refractivity contribution < 1.29 is 4.79 Å². The van der Waals surface area contributed by atoms with Crippen LogP contribution in [0.15, 0.2) is 17.1 Å². The number of carbonyl (C=O) groups excluding carboxylic acids is 1. The number of hydrogen-bond donors (Lipinski definition) is 1. The van der Waals surface area contributed by atoms with Gasteiger partial charge in [-0.05, 0) is 11.5 Å². The van der Waals surface area contributed by atoms with Gasteiger partial charge in [0, 0.05) is 25.6 Å². The van der Waals surface area contributed by atoms with Crippen LogP contribution < -0.4 is 5.56 Å². The van der Waals surface area contributed by atoms with Crippen molar-refractivity contribution in [1.82, 2.24) is 19.5 Å². The van der Waals surface area contributed by atoms with Crippen molar-refractivity contribution in [2.75, 3.05) is 13.1 Å². The van der Waals surface area contributed by atoms with Crippen LogP contribution in [0.1, 0.15) is 43.5 Å². The van der Waals surface area contributed by atoms with E-state index in [9.17, 15) is 14.9 Å². The second-order valence-electron chi connectivity index (χ2n) is 5.93. The van der Waals surface area contributed by atoms with Gasteiger partial charge in [-0.15, -0.1) is 0 Å². The summed E-state index contributed by atoms with van der Waals surface area (Å²) in [6, 6.07) is 2.03. The van der Waals surface area contributed by atoms with Gasteiger partial charge in [0.05, 0.1) is 11.9 Å². The first kappa shape index (κ1) is 15.0. The molecule has 1 aliphatic heterocycles. The molecule has 0 aromatic carbocycles. The van der Waals surface area contributed by atoms with Crippen LogP contribution in [0.25, 0.3) is 11.2 Å². The molecule has 0 fully saturated rings. The summed E-state index contributed by atoms with van der Waals surface area (Å²) in [6.07, 6.45) is 3.32. The maximum Gasteiger partial charge on any atom is 0.278 e. The van der Waals surface area contributed by atoms with E-state index in [0.717, 1.165) is 5.57 Å². The molecule has 0 unspecified atom stereocenters. The highest BCUT2D eigenvalue weighted by atomic mass is 16.2. The van der Waals surface area contributed by atoms with Crippen LogP contribution in [0, 0.1) is 11.3 Å². The Balaban J connectivity index is 2.23. The molecule has 0 spiro atoms. The molecule has 118 valence electrons. The summed E-state index contributed by atoms with van der Waals surface area (Å²) in [5.41, 5.74) is 2.68. The summed E-state index contributed by atoms with van der Waals surface area (Å²) >= 11 is 0. The Kier molecular flexibility index (Phi) is 3.52. The first-order valence-corrected chi connectivity index (χ1v) is 7.43. The van der Waals surface area contributed by atoms with Gasteiger partial charge in [0.25, 0.3) is 5.56 Å². The lowest BCUT2D eigenvalue weighted by Gasteiger charge is -2.16. The number of nitriles is 1. The van der Waals surface area contributed by atoms with Gasteiger partial charge in [-0.2, -0.15) is 14.9 Å². The number of aromatic nitrogens is 3. The van der Waals surface area contributed by atoms with Gasteiger partial charge in [0.15, 0.2) is 5.65 Å². The molecule has 1 aliphatic rings. The number of carbonyl (C=O) groups is 1. The predicted molar refractivity (Wildman–Crippen MR) is 84.8 cm³/mol. The zero-order valence-corrected chi connectivity index (χ0v) is 13.3. The van der Waals surface area contributed by atoms with Crippen LogP contribution in [-0.2, 0) is 4.79 Å². The fourth-order valence-corrected chi connectivity index (χ4v) is 2.88. The normalized spacial score (nSPS) is 14.4. The second kappa shape index (κ2) is 5.39. The molecule has 7 nitrogen and oxygen atoms in total. The van der Waals surface area contributed by atoms with Crippen LogP contribution in [0.3, 0.4) is 0 Å². The summed E-state index contributed by atoms with van der Waals surface area (Å²) in [4.78, 5) is 29.2. The van der Waals surface area contributed by atoms with E-state index in [0.29, 0.717) is 35.6 Å². The largest absolute Gasteiger partial charge is 0.338 e. The third kappa shape index (κ3) is 2.32. The number of H-pyrrole nitrogens is 1. The van der Waals surface area contributed by atoms with Gasteiger partial charge in [0.1, 0.15) is 11.6 Å². The third-order valence-corrected chi connectivity index (χ3v) is 4.09. The van der Waals surface area contributed by atoms with Gasteiger partial charge in [-0.3, -0.25) is 9.59 Å². The molecular weight excluding hydrogens is 294 g/mol. The molecular formula is C16H17N5O2. The molecule has 23 heavy (non-hydrogen) atoms. The van der Waals surface area contributed by atoms with Crippen LogP contribution in [0.2, 0.25) is 0 Å². The maximum absolute atomic E-state index is 12.8. The Morgan fingerprint density at radius 1 is 1.48 bits per heavy atom. The fraction of sp³-hybridized carbons (Fsp3) is 0.375. The molecule has 0 aliphatic carbocycles. The molecule has 0 atom stereocenters. The second-order valence-corrected chi connectivity index (χ2v) is 5.93. The first-order chi connectivity index (χ1) is 10.9. The Hall–Kier alpha value is -2.88. The monoisotopic (exact) mass is 311 g/mol. The third-order valence-electron chi connectivity index (χ3n) is 4.09. The van der Waals surface area contributed by atoms with E-state index < -0.39 is 0 Å². The Morgan fingerprint density at radius 2 is 2.22 bits per heavy atom. The molecule has 1 N–H and O–H groups in total. The highest BCUT2D eigenvalue weighted by Crippen LogP contribution is 2.26. The minimum atomic E-state index is -0.229. The number of fused-ring (bicyclic) bond motifs is 1. The van der Waals surface area contributed by atoms with Crippen LogP contribution >= 0.6 is 0 Å². The number of amides is 1. The van der Waals surface area contributed by atoms with Crippen molar-refractivity contribution in [2.24, 2.45) is 0 Å². The predicted octanol–water partition coefficient (Wildman–Crippen LogP) is 1.26. The summed E-state index contributed by atoms with van der Waals surface area (Å²) in [6.45, 7) is 6.38. The quantitative estimate of drug-likeness (QED) is 0.903. The maximum atomic E-state index is 12.8. The van der Waals surface area contributed by atoms with E-state index >= 15 is 0 Å². The lowest BCUT2D eigenvalue weighted by molar-refractivity contribution is -0.127. The molecule has 3 rings (SSSR count). The zero-order valence-electron chi connectivity index (χ0n) is 13.3. The summed E-state index contributed by atoms with van der Waals surface area (Å²) < 4.78 is 1.23. The lowest BCUT2D eigenvalue weighted by Crippen LogP contribution is -2.27. The molecule has 0 bridgehead atoms. The highest BCUT2D eigenvalue weighted by molar-refractivity contribution is 5.80. The standard InChI is InChI=1S/C16H17N5O2/c1-9(2)13-14(11-4-5-20(8-11)10(3)22)19-15-12(6-17)7-18-21(15)16(13)23/h4,7,9,19H,5,8H2,1-3H3. The molecule has 2 aromatic rings. The van der Waals surface area contributed by atoms with Crippen LogP contribution in [-0.4, -0.2) is 38.5 Å². The van der Waals surface area contributed by atoms with Crippen LogP contribution in [0.5, 0.6) is 0 Å². The molecule has 1 amide bonds. The van der Waals surface area contributed by atoms with E-state index in [1.165, 1.54) is 17.6 Å². The average Bonchev–Trinajstić information content (AvgIpc) is 3.13. The minimum absolute atomic E-state index is 0.00663. The summed E-state index contributed by atoms with van der Waals surface area (Å²) in [5, 5.41) is 13.2. The van der Waals surface area contributed by atoms with Crippen LogP contribution in [0.4, 0.5) is 0 Å². The number of nitrogens with zero attached hydrogens (tertiary/aromatic N) is 4. The highest BCUT2D eigenvalue weighted by Gasteiger charge is 2.24. The van der Waals surface area contributed by atoms with E-state index in [1.54, 1.807) is 4.90 Å². The van der Waals surface area contributed by atoms with Crippen molar-refractivity contribution in [1.29, 1.82) is 5.26 Å². The molecule has 7 heteroatoms. The topological polar surface area (TPSA) is 94.3 Å². The van der Waals surface area contributed by atoms with E-state index in [2.05, 4.69) is 10.1 Å². The average molecular weight is 311 g/mol. The molecule has 0 radical (unpaired) electrons. The fourth-order valence-electron chi connectivity index (χ4n) is 2.88. The van der Waals surface area contributed by atoms with Crippen molar-refractivity contribution in [3.8, 4) is 6.07 Å². The Labute approximate surface area is 132 Å². The zero-order chi connectivity index (χ0) is 16.7. The smallest absolute Gasteiger partial charge is 0.278 e. The van der Waals surface area contributed by atoms with Gasteiger partial charge in [-0.25, -0.2) is 0 Å². The lowest BCUT2D eigenvalue weighted by atomic mass is 9.98. The van der Waals surface area contributed by atoms with Gasteiger partial charge in [-0.1, -0.05) is 19.9 Å². The van der Waals surface area contributed by atoms with Gasteiger partial charge >= 0.3 is 0 Å². The van der Waals surface area contributed by atoms with Crippen molar-refractivity contribution in [3.63, 3.8) is 0 Å². The number of nitrogens with one attached hydrogen (secondary N) is 1. The number of rotatable bonds is 2.